The molecule has 0 spiro atoms. The van der Waals surface area contributed by atoms with Gasteiger partial charge in [0.1, 0.15) is 5.60 Å². The van der Waals surface area contributed by atoms with Crippen molar-refractivity contribution in [2.75, 3.05) is 13.1 Å². The van der Waals surface area contributed by atoms with E-state index in [-0.39, 0.29) is 17.7 Å². The quantitative estimate of drug-likeness (QED) is 0.502. The molecule has 0 bridgehead atoms. The Morgan fingerprint density at radius 1 is 1.09 bits per heavy atom. The largest absolute Gasteiger partial charge is 0.444 e. The van der Waals surface area contributed by atoms with Crippen molar-refractivity contribution in [3.63, 3.8) is 0 Å². The highest BCUT2D eigenvalue weighted by Crippen LogP contribution is 2.24. The molecule has 6 nitrogen and oxygen atoms in total. The molecule has 0 aliphatic carbocycles. The zero-order valence-electron chi connectivity index (χ0n) is 19.4. The molecule has 1 amide bonds. The maximum Gasteiger partial charge on any atom is 0.410 e. The third-order valence-corrected chi connectivity index (χ3v) is 6.09. The van der Waals surface area contributed by atoms with Crippen molar-refractivity contribution in [1.82, 2.24) is 14.7 Å². The number of nitrogens with zero attached hydrogens (tertiary/aromatic N) is 3. The van der Waals surface area contributed by atoms with Gasteiger partial charge in [-0.15, -0.1) is 0 Å². The molecule has 1 fully saturated rings. The van der Waals surface area contributed by atoms with Gasteiger partial charge in [-0.05, 0) is 63.8 Å². The van der Waals surface area contributed by atoms with E-state index in [0.29, 0.717) is 29.9 Å². The summed E-state index contributed by atoms with van der Waals surface area (Å²) in [7, 11) is 0. The zero-order chi connectivity index (χ0) is 23.6. The minimum atomic E-state index is -0.567. The Bertz CT molecular complexity index is 1200. The Balaban J connectivity index is 1.71. The monoisotopic (exact) mass is 467 g/mol. The number of hydrogen-bond donors (Lipinski definition) is 0. The normalized spacial score (nSPS) is 17.1. The lowest BCUT2D eigenvalue weighted by Crippen LogP contribution is -2.41. The second kappa shape index (κ2) is 9.56. The molecule has 1 saturated heterocycles. The third-order valence-electron chi connectivity index (χ3n) is 5.83. The summed E-state index contributed by atoms with van der Waals surface area (Å²) in [6.45, 7) is 6.60. The van der Waals surface area contributed by atoms with Crippen molar-refractivity contribution in [1.29, 1.82) is 0 Å². The van der Waals surface area contributed by atoms with E-state index < -0.39 is 5.60 Å². The van der Waals surface area contributed by atoms with E-state index in [9.17, 15) is 9.59 Å². The van der Waals surface area contributed by atoms with Crippen molar-refractivity contribution >= 4 is 28.5 Å². The van der Waals surface area contributed by atoms with Gasteiger partial charge in [-0.3, -0.25) is 4.79 Å². The summed E-state index contributed by atoms with van der Waals surface area (Å²) in [6, 6.07) is 15.1. The van der Waals surface area contributed by atoms with Crippen LogP contribution in [0.25, 0.3) is 10.8 Å². The van der Waals surface area contributed by atoms with Crippen LogP contribution in [0.1, 0.15) is 57.3 Å². The molecule has 0 saturated carbocycles. The topological polar surface area (TPSA) is 64.4 Å². The van der Waals surface area contributed by atoms with Gasteiger partial charge in [0, 0.05) is 29.9 Å². The van der Waals surface area contributed by atoms with Crippen molar-refractivity contribution in [3.8, 4) is 0 Å². The molecule has 2 heterocycles. The van der Waals surface area contributed by atoms with E-state index in [1.165, 1.54) is 0 Å². The highest BCUT2D eigenvalue weighted by atomic mass is 35.5. The smallest absolute Gasteiger partial charge is 0.410 e. The first kappa shape index (κ1) is 23.3. The van der Waals surface area contributed by atoms with Gasteiger partial charge >= 0.3 is 6.09 Å². The Hall–Kier alpha value is -2.86. The second-order valence-electron chi connectivity index (χ2n) is 9.62. The molecule has 33 heavy (non-hydrogen) atoms. The van der Waals surface area contributed by atoms with E-state index in [0.717, 1.165) is 35.9 Å². The number of fused-ring (bicyclic) bond motifs is 1. The number of rotatable bonds is 3. The predicted octanol–water partition coefficient (Wildman–Crippen LogP) is 5.60. The van der Waals surface area contributed by atoms with Gasteiger partial charge in [-0.2, -0.15) is 5.10 Å². The van der Waals surface area contributed by atoms with Gasteiger partial charge < -0.3 is 9.64 Å². The SMILES string of the molecule is CC(C)(C)OC(=O)N1CCCCC(n2nc(Cc3ccc(Cl)cc3)c3ccccc3c2=O)C1. The molecule has 7 heteroatoms. The maximum atomic E-state index is 13.4. The van der Waals surface area contributed by atoms with Crippen molar-refractivity contribution in [2.45, 2.75) is 58.1 Å². The molecule has 0 radical (unpaired) electrons. The number of ether oxygens (including phenoxy) is 1. The van der Waals surface area contributed by atoms with Gasteiger partial charge in [0.15, 0.2) is 0 Å². The number of halogens is 1. The molecule has 0 N–H and O–H groups in total. The number of benzene rings is 2. The molecule has 1 aromatic heterocycles. The van der Waals surface area contributed by atoms with E-state index in [1.54, 1.807) is 9.58 Å². The van der Waals surface area contributed by atoms with Crippen LogP contribution in [-0.4, -0.2) is 39.5 Å². The lowest BCUT2D eigenvalue weighted by Gasteiger charge is -2.28. The number of aromatic nitrogens is 2. The van der Waals surface area contributed by atoms with Crippen LogP contribution < -0.4 is 5.56 Å². The molecule has 3 aromatic rings. The summed E-state index contributed by atoms with van der Waals surface area (Å²) in [4.78, 5) is 27.9. The average Bonchev–Trinajstić information content (AvgIpc) is 3.02. The fourth-order valence-corrected chi connectivity index (χ4v) is 4.39. The molecule has 1 aliphatic rings. The zero-order valence-corrected chi connectivity index (χ0v) is 20.1. The van der Waals surface area contributed by atoms with Gasteiger partial charge in [-0.1, -0.05) is 41.9 Å². The van der Waals surface area contributed by atoms with Gasteiger partial charge in [0.2, 0.25) is 0 Å². The number of likely N-dealkylation sites (tertiary alicyclic amines) is 1. The van der Waals surface area contributed by atoms with Crippen LogP contribution in [0.4, 0.5) is 4.79 Å². The molecule has 1 aliphatic heterocycles. The predicted molar refractivity (Wildman–Crippen MR) is 131 cm³/mol. The Labute approximate surface area is 199 Å². The number of carbonyl (C=O) groups is 1. The van der Waals surface area contributed by atoms with Crippen LogP contribution in [0.15, 0.2) is 53.3 Å². The van der Waals surface area contributed by atoms with E-state index in [4.69, 9.17) is 21.4 Å². The second-order valence-corrected chi connectivity index (χ2v) is 10.1. The molecular formula is C26H30ClN3O3. The number of carbonyl (C=O) groups excluding carboxylic acids is 1. The summed E-state index contributed by atoms with van der Waals surface area (Å²) in [5.41, 5.74) is 1.21. The minimum absolute atomic E-state index is 0.124. The fraction of sp³-hybridized carbons (Fsp3) is 0.423. The average molecular weight is 468 g/mol. The highest BCUT2D eigenvalue weighted by Gasteiger charge is 2.28. The molecular weight excluding hydrogens is 438 g/mol. The summed E-state index contributed by atoms with van der Waals surface area (Å²) in [6.07, 6.45) is 2.81. The number of hydrogen-bond acceptors (Lipinski definition) is 4. The van der Waals surface area contributed by atoms with Crippen molar-refractivity contribution in [3.05, 3.63) is 75.2 Å². The Kier molecular flexibility index (Phi) is 6.75. The molecule has 1 atom stereocenters. The standard InChI is InChI=1S/C26H30ClN3O3/c1-26(2,3)33-25(32)29-15-7-6-8-20(17-29)30-24(31)22-10-5-4-9-21(22)23(28-30)16-18-11-13-19(27)14-12-18/h4-5,9-14,20H,6-8,15-17H2,1-3H3. The molecule has 174 valence electrons. The van der Waals surface area contributed by atoms with Gasteiger partial charge in [0.25, 0.3) is 5.56 Å². The first-order valence-electron chi connectivity index (χ1n) is 11.4. The van der Waals surface area contributed by atoms with Crippen LogP contribution in [0, 0.1) is 0 Å². The molecule has 2 aromatic carbocycles. The summed E-state index contributed by atoms with van der Waals surface area (Å²) < 4.78 is 7.19. The van der Waals surface area contributed by atoms with E-state index in [2.05, 4.69) is 0 Å². The van der Waals surface area contributed by atoms with E-state index in [1.807, 2.05) is 69.3 Å². The van der Waals surface area contributed by atoms with Crippen LogP contribution in [0.2, 0.25) is 5.02 Å². The fourth-order valence-electron chi connectivity index (χ4n) is 4.26. The summed E-state index contributed by atoms with van der Waals surface area (Å²) in [5.74, 6) is 0. The Morgan fingerprint density at radius 2 is 1.79 bits per heavy atom. The molecule has 4 rings (SSSR count). The van der Waals surface area contributed by atoms with Crippen LogP contribution in [-0.2, 0) is 11.2 Å². The van der Waals surface area contributed by atoms with Crippen molar-refractivity contribution in [2.24, 2.45) is 0 Å². The third kappa shape index (κ3) is 5.56. The van der Waals surface area contributed by atoms with Crippen molar-refractivity contribution < 1.29 is 9.53 Å². The summed E-state index contributed by atoms with van der Waals surface area (Å²) >= 11 is 6.05. The summed E-state index contributed by atoms with van der Waals surface area (Å²) in [5, 5.41) is 7.02. The van der Waals surface area contributed by atoms with Gasteiger partial charge in [-0.25, -0.2) is 9.48 Å². The number of amides is 1. The van der Waals surface area contributed by atoms with Gasteiger partial charge in [0.05, 0.1) is 17.1 Å². The minimum Gasteiger partial charge on any atom is -0.444 e. The molecule has 1 unspecified atom stereocenters. The first-order valence-corrected chi connectivity index (χ1v) is 11.8. The van der Waals surface area contributed by atoms with Crippen LogP contribution in [0.5, 0.6) is 0 Å². The first-order chi connectivity index (χ1) is 15.7. The highest BCUT2D eigenvalue weighted by molar-refractivity contribution is 6.30. The lowest BCUT2D eigenvalue weighted by atomic mass is 10.0. The van der Waals surface area contributed by atoms with Crippen LogP contribution >= 0.6 is 11.6 Å². The lowest BCUT2D eigenvalue weighted by molar-refractivity contribution is 0.0233. The maximum absolute atomic E-state index is 13.4. The van der Waals surface area contributed by atoms with Crippen LogP contribution in [0.3, 0.4) is 0 Å². The Morgan fingerprint density at radius 3 is 2.48 bits per heavy atom. The van der Waals surface area contributed by atoms with E-state index >= 15 is 0 Å².